The lowest BCUT2D eigenvalue weighted by atomic mass is 10.0. The fourth-order valence-corrected chi connectivity index (χ4v) is 11.0. The number of rotatable bonds is 57. The summed E-state index contributed by atoms with van der Waals surface area (Å²) in [6, 6.07) is -0.214. The summed E-state index contributed by atoms with van der Waals surface area (Å²) in [5.74, 6) is -13.9. The second kappa shape index (κ2) is 55.4. The maximum Gasteiger partial charge on any atom is 0.245 e. The van der Waals surface area contributed by atoms with E-state index in [0.29, 0.717) is 43.4 Å². The standard InChI is InChI=1S/C71H121N29O16/c1-39(57(106)94-49(27-17-33-87-71(82)83)63(112)96-47(24-11-13-29-73)64(113)99-52(38-101)66(115)91-40(2)58(107)95-48(26-16-32-86-70(80)81)62(111)93-45(56(75)105)23-10-12-28-72)90-53(103)36-89-67(116)55(41(3)102)100-65(114)51(35-43-20-8-5-9-21-43)98-61(110)46(25-15-31-85-69(78)79)92-54(104)37-88-60(109)50(34-42-18-6-4-7-19-42)97-59(108)44(74)22-14-30-84-68(76)77/h4-9,18-21,39-41,44-52,55,101-102H,10-17,22-38,72-74H2,1-3H3,(H2,75,105)(H,88,109)(H,89,116)(H,90,103)(H,91,115)(H,92,104)(H,93,111)(H,94,106)(H,95,107)(H,96,112)(H,97,108)(H,98,110)(H,99,113)(H,100,114)(H4,76,77,84)(H4,78,79,85)(H4,80,81,86)(H4,82,83,87)/t39-,40-,41+,44-,45-,46-,47-,48-,49-,50-,51-,52-,55-/m0/s1. The number of hydrogen-bond donors (Lipinski definition) is 27. The van der Waals surface area contributed by atoms with Crippen LogP contribution in [0.5, 0.6) is 0 Å². The number of carbonyl (C=O) groups excluding carboxylic acids is 14. The van der Waals surface area contributed by atoms with E-state index in [-0.39, 0.29) is 134 Å². The van der Waals surface area contributed by atoms with Crippen molar-refractivity contribution < 1.29 is 77.3 Å². The van der Waals surface area contributed by atoms with Crippen molar-refractivity contribution in [1.82, 2.24) is 69.1 Å². The molecule has 2 aromatic carbocycles. The van der Waals surface area contributed by atoms with Crippen LogP contribution in [0.3, 0.4) is 0 Å². The Balaban J connectivity index is 2.32. The van der Waals surface area contributed by atoms with E-state index in [1.165, 1.54) is 13.8 Å². The number of hydrogen-bond acceptors (Lipinski definition) is 23. The number of aliphatic imine (C=N–C) groups is 4. The summed E-state index contributed by atoms with van der Waals surface area (Å²) in [7, 11) is 0. The summed E-state index contributed by atoms with van der Waals surface area (Å²) < 4.78 is 0. The number of nitrogens with two attached hydrogens (primary N) is 12. The molecule has 0 aliphatic heterocycles. The van der Waals surface area contributed by atoms with Crippen LogP contribution < -0.4 is 138 Å². The average molecular weight is 1640 g/mol. The molecule has 0 saturated heterocycles. The lowest BCUT2D eigenvalue weighted by molar-refractivity contribution is -0.136. The highest BCUT2D eigenvalue weighted by atomic mass is 16.3. The summed E-state index contributed by atoms with van der Waals surface area (Å²) in [4.78, 5) is 208. The highest BCUT2D eigenvalue weighted by Gasteiger charge is 2.36. The number of amides is 14. The minimum Gasteiger partial charge on any atom is -0.394 e. The first-order valence-corrected chi connectivity index (χ1v) is 37.9. The molecule has 0 heterocycles. The number of primary amides is 1. The lowest BCUT2D eigenvalue weighted by Crippen LogP contribution is -2.60. The number of unbranched alkanes of at least 4 members (excludes halogenated alkanes) is 2. The van der Waals surface area contributed by atoms with Crippen LogP contribution in [0.2, 0.25) is 0 Å². The van der Waals surface area contributed by atoms with Gasteiger partial charge in [0.1, 0.15) is 66.5 Å². The largest absolute Gasteiger partial charge is 0.394 e. The molecule has 0 aliphatic carbocycles. The molecule has 2 rings (SSSR count). The Morgan fingerprint density at radius 3 is 1.07 bits per heavy atom. The Morgan fingerprint density at radius 1 is 0.345 bits per heavy atom. The second-order valence-corrected chi connectivity index (χ2v) is 27.2. The van der Waals surface area contributed by atoms with E-state index in [4.69, 9.17) is 68.8 Å². The molecule has 116 heavy (non-hydrogen) atoms. The van der Waals surface area contributed by atoms with E-state index in [1.807, 2.05) is 0 Å². The Labute approximate surface area is 672 Å². The number of nitrogens with zero attached hydrogens (tertiary/aromatic N) is 4. The normalized spacial score (nSPS) is 14.2. The van der Waals surface area contributed by atoms with Crippen LogP contribution in [-0.2, 0) is 80.0 Å². The molecule has 0 fully saturated rings. The van der Waals surface area contributed by atoms with E-state index >= 15 is 0 Å². The van der Waals surface area contributed by atoms with Crippen molar-refractivity contribution in [2.45, 2.75) is 202 Å². The zero-order chi connectivity index (χ0) is 86.8. The van der Waals surface area contributed by atoms with Gasteiger partial charge in [-0.05, 0) is 135 Å². The molecule has 14 amide bonds. The molecule has 45 heteroatoms. The van der Waals surface area contributed by atoms with Crippen LogP contribution in [0.1, 0.15) is 122 Å². The maximum absolute atomic E-state index is 14.4. The summed E-state index contributed by atoms with van der Waals surface area (Å²) >= 11 is 0. The predicted octanol–water partition coefficient (Wildman–Crippen LogP) is -11.3. The van der Waals surface area contributed by atoms with Crippen LogP contribution in [0, 0.1) is 0 Å². The van der Waals surface area contributed by atoms with Gasteiger partial charge in [-0.2, -0.15) is 0 Å². The summed E-state index contributed by atoms with van der Waals surface area (Å²) in [5, 5.41) is 53.5. The number of aliphatic hydroxyl groups excluding tert-OH is 2. The molecule has 45 nitrogen and oxygen atoms in total. The van der Waals surface area contributed by atoms with Gasteiger partial charge < -0.3 is 148 Å². The predicted molar refractivity (Wildman–Crippen MR) is 430 cm³/mol. The fourth-order valence-electron chi connectivity index (χ4n) is 11.0. The van der Waals surface area contributed by atoms with E-state index in [2.05, 4.69) is 89.1 Å². The minimum absolute atomic E-state index is 0.0128. The third-order valence-electron chi connectivity index (χ3n) is 17.3. The SMILES string of the molecule is C[C@H](NC(=O)CNC(=O)[C@@H](NC(=O)[C@H](Cc1ccccc1)NC(=O)[C@H](CCCN=C(N)N)NC(=O)CNC(=O)[C@H](Cc1ccccc1)NC(=O)[C@@H](N)CCCN=C(N)N)[C@@H](C)O)C(=O)N[C@@H](CCCN=C(N)N)C(=O)N[C@@H](CCCCN)C(=O)N[C@@H](CO)C(=O)N[C@@H](C)C(=O)N[C@@H](CCCN=C(N)N)C(=O)N[C@@H](CCCCN)C(N)=O. The van der Waals surface area contributed by atoms with Crippen molar-refractivity contribution in [2.24, 2.45) is 88.8 Å². The fraction of sp³-hybridized carbons (Fsp3) is 0.577. The Hall–Kier alpha value is -12.1. The number of guanidine groups is 4. The quantitative estimate of drug-likeness (QED) is 0.0166. The van der Waals surface area contributed by atoms with Crippen LogP contribution in [0.25, 0.3) is 0 Å². The van der Waals surface area contributed by atoms with Gasteiger partial charge in [0.2, 0.25) is 82.7 Å². The lowest BCUT2D eigenvalue weighted by Gasteiger charge is -2.27. The third-order valence-corrected chi connectivity index (χ3v) is 17.3. The van der Waals surface area contributed by atoms with Gasteiger partial charge in [-0.25, -0.2) is 0 Å². The van der Waals surface area contributed by atoms with Gasteiger partial charge in [0, 0.05) is 39.0 Å². The van der Waals surface area contributed by atoms with E-state index < -0.39 is 181 Å². The molecule has 0 aliphatic rings. The van der Waals surface area contributed by atoms with Crippen molar-refractivity contribution >= 4 is 107 Å². The van der Waals surface area contributed by atoms with Crippen LogP contribution >= 0.6 is 0 Å². The first kappa shape index (κ1) is 100.0. The molecule has 0 unspecified atom stereocenters. The Morgan fingerprint density at radius 2 is 0.664 bits per heavy atom. The molecule has 0 spiro atoms. The molecule has 0 aromatic heterocycles. The van der Waals surface area contributed by atoms with Gasteiger partial charge in [-0.1, -0.05) is 60.7 Å². The average Bonchev–Trinajstić information content (AvgIpc) is 0.860. The maximum atomic E-state index is 14.4. The highest BCUT2D eigenvalue weighted by molar-refractivity contribution is 6.00. The second-order valence-electron chi connectivity index (χ2n) is 27.2. The molecular formula is C71H121N29O16. The zero-order valence-electron chi connectivity index (χ0n) is 65.8. The Bertz CT molecular complexity index is 3620. The van der Waals surface area contributed by atoms with Crippen molar-refractivity contribution in [3.8, 4) is 0 Å². The highest BCUT2D eigenvalue weighted by Crippen LogP contribution is 2.12. The van der Waals surface area contributed by atoms with Crippen LogP contribution in [0.15, 0.2) is 80.6 Å². The third kappa shape index (κ3) is 41.6. The zero-order valence-corrected chi connectivity index (χ0v) is 65.8. The molecule has 0 saturated carbocycles. The van der Waals surface area contributed by atoms with Gasteiger partial charge >= 0.3 is 0 Å². The van der Waals surface area contributed by atoms with Gasteiger partial charge in [0.25, 0.3) is 0 Å². The van der Waals surface area contributed by atoms with Crippen LogP contribution in [-0.4, -0.2) is 254 Å². The van der Waals surface area contributed by atoms with Gasteiger partial charge in [-0.3, -0.25) is 87.1 Å². The topological polar surface area (TPSA) is 798 Å². The molecule has 0 radical (unpaired) electrons. The monoisotopic (exact) mass is 1640 g/mol. The van der Waals surface area contributed by atoms with Crippen molar-refractivity contribution in [3.63, 3.8) is 0 Å². The minimum atomic E-state index is -1.81. The molecule has 13 atom stereocenters. The number of benzene rings is 2. The van der Waals surface area contributed by atoms with E-state index in [1.54, 1.807) is 60.7 Å². The van der Waals surface area contributed by atoms with E-state index in [9.17, 15) is 77.3 Å². The van der Waals surface area contributed by atoms with Crippen LogP contribution in [0.4, 0.5) is 0 Å². The van der Waals surface area contributed by atoms with Crippen molar-refractivity contribution in [1.29, 1.82) is 0 Å². The molecular weight excluding hydrogens is 1510 g/mol. The van der Waals surface area contributed by atoms with Crippen molar-refractivity contribution in [3.05, 3.63) is 71.8 Å². The smallest absolute Gasteiger partial charge is 0.245 e. The molecule has 0 bridgehead atoms. The summed E-state index contributed by atoms with van der Waals surface area (Å²) in [6.07, 6.45) is 0.113. The molecule has 39 N–H and O–H groups in total. The summed E-state index contributed by atoms with van der Waals surface area (Å²) in [6.45, 7) is 1.66. The number of nitrogens with one attached hydrogen (secondary N) is 13. The molecule has 646 valence electrons. The van der Waals surface area contributed by atoms with Gasteiger partial charge in [-0.15, -0.1) is 0 Å². The van der Waals surface area contributed by atoms with Gasteiger partial charge in [0.15, 0.2) is 23.8 Å². The first-order valence-electron chi connectivity index (χ1n) is 37.9. The molecule has 2 aromatic rings. The van der Waals surface area contributed by atoms with Gasteiger partial charge in [0.05, 0.1) is 31.8 Å². The number of carbonyl (C=O) groups is 14. The van der Waals surface area contributed by atoms with Crippen molar-refractivity contribution in [2.75, 3.05) is 59.0 Å². The first-order chi connectivity index (χ1) is 55.0. The Kier molecular flexibility index (Phi) is 47.7. The number of aliphatic hydroxyl groups is 2. The van der Waals surface area contributed by atoms with E-state index in [0.717, 1.165) is 6.92 Å². The summed E-state index contributed by atoms with van der Waals surface area (Å²) in [5.41, 5.74) is 67.9.